The van der Waals surface area contributed by atoms with E-state index in [-0.39, 0.29) is 10.8 Å². The molecule has 1 heterocycles. The third-order valence-electron chi connectivity index (χ3n) is 14.0. The van der Waals surface area contributed by atoms with Crippen molar-refractivity contribution in [2.24, 2.45) is 0 Å². The molecule has 304 valence electrons. The normalized spacial score (nSPS) is 13.7. The van der Waals surface area contributed by atoms with Crippen LogP contribution in [0.4, 0.5) is 17.1 Å². The smallest absolute Gasteiger partial charge is 0.159 e. The van der Waals surface area contributed by atoms with E-state index in [1.54, 1.807) is 0 Å². The van der Waals surface area contributed by atoms with Gasteiger partial charge in [-0.1, -0.05) is 199 Å². The summed E-state index contributed by atoms with van der Waals surface area (Å²) in [6.07, 6.45) is 0. The number of benzene rings is 9. The van der Waals surface area contributed by atoms with Crippen molar-refractivity contribution >= 4 is 49.8 Å². The van der Waals surface area contributed by atoms with Crippen molar-refractivity contribution < 1.29 is 4.42 Å². The molecule has 0 fully saturated rings. The van der Waals surface area contributed by atoms with E-state index < -0.39 is 5.41 Å². The lowest BCUT2D eigenvalue weighted by molar-refractivity contribution is 0.586. The molecule has 0 aliphatic heterocycles. The van der Waals surface area contributed by atoms with Crippen LogP contribution in [0, 0.1) is 0 Å². The summed E-state index contributed by atoms with van der Waals surface area (Å²) in [4.78, 5) is 2.46. The Morgan fingerprint density at radius 1 is 0.429 bits per heavy atom. The van der Waals surface area contributed by atoms with Crippen molar-refractivity contribution in [2.45, 2.75) is 57.8 Å². The van der Waals surface area contributed by atoms with Crippen LogP contribution in [0.25, 0.3) is 66.1 Å². The molecular weight excluding hydrogens is 763 g/mol. The van der Waals surface area contributed by atoms with Crippen LogP contribution in [0.3, 0.4) is 0 Å². The highest BCUT2D eigenvalue weighted by Crippen LogP contribution is 2.65. The summed E-state index contributed by atoms with van der Waals surface area (Å²) in [5.41, 5.74) is 20.0. The third kappa shape index (κ3) is 5.44. The number of fused-ring (bicyclic) bond motifs is 15. The van der Waals surface area contributed by atoms with Crippen LogP contribution >= 0.6 is 0 Å². The van der Waals surface area contributed by atoms with Gasteiger partial charge in [0.1, 0.15) is 5.58 Å². The Kier molecular flexibility index (Phi) is 8.01. The number of hydrogen-bond acceptors (Lipinski definition) is 2. The molecule has 0 saturated carbocycles. The first-order valence-electron chi connectivity index (χ1n) is 22.3. The van der Waals surface area contributed by atoms with Crippen molar-refractivity contribution in [1.82, 2.24) is 0 Å². The summed E-state index contributed by atoms with van der Waals surface area (Å²) < 4.78 is 7.03. The lowest BCUT2D eigenvalue weighted by Crippen LogP contribution is -2.27. The van der Waals surface area contributed by atoms with E-state index in [4.69, 9.17) is 4.42 Å². The summed E-state index contributed by atoms with van der Waals surface area (Å²) in [6.45, 7) is 14.0. The van der Waals surface area contributed by atoms with Gasteiger partial charge in [-0.2, -0.15) is 0 Å². The fraction of sp³-hybridized carbons (Fsp3) is 0.148. The van der Waals surface area contributed by atoms with E-state index in [1.165, 1.54) is 77.5 Å². The van der Waals surface area contributed by atoms with Crippen molar-refractivity contribution in [3.05, 3.63) is 221 Å². The van der Waals surface area contributed by atoms with E-state index in [1.807, 2.05) is 0 Å². The van der Waals surface area contributed by atoms with E-state index >= 15 is 0 Å². The maximum Gasteiger partial charge on any atom is 0.159 e. The second kappa shape index (κ2) is 13.4. The maximum absolute atomic E-state index is 7.03. The van der Waals surface area contributed by atoms with Gasteiger partial charge < -0.3 is 9.32 Å². The number of para-hydroxylation sites is 1. The largest absolute Gasteiger partial charge is 0.454 e. The molecular formula is C61H49NO. The number of nitrogens with zero attached hydrogens (tertiary/aromatic N) is 1. The van der Waals surface area contributed by atoms with Crippen LogP contribution in [0.15, 0.2) is 192 Å². The molecule has 0 amide bonds. The summed E-state index contributed by atoms with van der Waals surface area (Å²) in [5, 5.41) is 4.66. The SMILES string of the molecule is CC(C)(C)c1ccc2c(c1)C1(c3cc(C(C)(C)C)ccc3-2)c2ccccc2-c2c(N(c3ccc(-c4ccccc4)cc3)c3cccc4c3oc3ccc5ccccc5c34)cccc21. The molecule has 1 spiro atoms. The minimum absolute atomic E-state index is 0.0241. The van der Waals surface area contributed by atoms with E-state index in [0.29, 0.717) is 0 Å². The van der Waals surface area contributed by atoms with Gasteiger partial charge in [0.25, 0.3) is 0 Å². The molecule has 2 aliphatic rings. The maximum atomic E-state index is 7.03. The lowest BCUT2D eigenvalue weighted by atomic mass is 9.69. The molecule has 0 unspecified atom stereocenters. The number of rotatable bonds is 4. The summed E-state index contributed by atoms with van der Waals surface area (Å²) >= 11 is 0. The number of anilines is 3. The van der Waals surface area contributed by atoms with Gasteiger partial charge in [0, 0.05) is 22.0 Å². The topological polar surface area (TPSA) is 16.4 Å². The first kappa shape index (κ1) is 37.6. The molecule has 1 aromatic heterocycles. The molecule has 0 bridgehead atoms. The van der Waals surface area contributed by atoms with Gasteiger partial charge in [0.05, 0.1) is 16.8 Å². The zero-order valence-corrected chi connectivity index (χ0v) is 36.8. The molecule has 10 aromatic rings. The molecule has 2 nitrogen and oxygen atoms in total. The second-order valence-electron chi connectivity index (χ2n) is 19.7. The molecule has 9 aromatic carbocycles. The Labute approximate surface area is 370 Å². The minimum Gasteiger partial charge on any atom is -0.454 e. The Balaban J connectivity index is 1.18. The first-order chi connectivity index (χ1) is 30.5. The highest BCUT2D eigenvalue weighted by atomic mass is 16.3. The second-order valence-corrected chi connectivity index (χ2v) is 19.7. The molecule has 0 saturated heterocycles. The predicted molar refractivity (Wildman–Crippen MR) is 265 cm³/mol. The average molecular weight is 812 g/mol. The Morgan fingerprint density at radius 2 is 1.02 bits per heavy atom. The highest BCUT2D eigenvalue weighted by Gasteiger charge is 2.53. The average Bonchev–Trinajstić information content (AvgIpc) is 3.94. The monoisotopic (exact) mass is 811 g/mol. The van der Waals surface area contributed by atoms with Gasteiger partial charge >= 0.3 is 0 Å². The summed E-state index contributed by atoms with van der Waals surface area (Å²) in [7, 11) is 0. The molecule has 0 atom stereocenters. The lowest BCUT2D eigenvalue weighted by Gasteiger charge is -2.33. The zero-order valence-electron chi connectivity index (χ0n) is 36.8. The summed E-state index contributed by atoms with van der Waals surface area (Å²) in [5.74, 6) is 0. The Hall–Kier alpha value is -7.16. The summed E-state index contributed by atoms with van der Waals surface area (Å²) in [6, 6.07) is 70.1. The van der Waals surface area contributed by atoms with Crippen LogP contribution in [0.2, 0.25) is 0 Å². The van der Waals surface area contributed by atoms with Gasteiger partial charge in [-0.15, -0.1) is 0 Å². The Morgan fingerprint density at radius 3 is 1.73 bits per heavy atom. The molecule has 0 radical (unpaired) electrons. The van der Waals surface area contributed by atoms with Crippen molar-refractivity contribution in [1.29, 1.82) is 0 Å². The van der Waals surface area contributed by atoms with Gasteiger partial charge in [-0.25, -0.2) is 0 Å². The quantitative estimate of drug-likeness (QED) is 0.176. The zero-order chi connectivity index (χ0) is 42.8. The fourth-order valence-electron chi connectivity index (χ4n) is 10.9. The van der Waals surface area contributed by atoms with Crippen LogP contribution < -0.4 is 4.90 Å². The predicted octanol–water partition coefficient (Wildman–Crippen LogP) is 16.8. The van der Waals surface area contributed by atoms with Crippen LogP contribution in [0.5, 0.6) is 0 Å². The number of hydrogen-bond donors (Lipinski definition) is 0. The molecule has 63 heavy (non-hydrogen) atoms. The number of furan rings is 1. The van der Waals surface area contributed by atoms with Crippen LogP contribution in [0.1, 0.15) is 74.9 Å². The van der Waals surface area contributed by atoms with Gasteiger partial charge in [0.2, 0.25) is 0 Å². The molecule has 12 rings (SSSR count). The van der Waals surface area contributed by atoms with E-state index in [0.717, 1.165) is 39.0 Å². The van der Waals surface area contributed by atoms with Crippen molar-refractivity contribution in [3.8, 4) is 33.4 Å². The molecule has 2 aliphatic carbocycles. The van der Waals surface area contributed by atoms with Crippen molar-refractivity contribution in [2.75, 3.05) is 4.90 Å². The molecule has 2 heteroatoms. The van der Waals surface area contributed by atoms with Gasteiger partial charge in [-0.3, -0.25) is 0 Å². The minimum atomic E-state index is -0.526. The van der Waals surface area contributed by atoms with Gasteiger partial charge in [0.15, 0.2) is 5.58 Å². The van der Waals surface area contributed by atoms with Gasteiger partial charge in [-0.05, 0) is 113 Å². The third-order valence-corrected chi connectivity index (χ3v) is 14.0. The van der Waals surface area contributed by atoms with Crippen LogP contribution in [-0.4, -0.2) is 0 Å². The fourth-order valence-corrected chi connectivity index (χ4v) is 10.9. The van der Waals surface area contributed by atoms with E-state index in [2.05, 4.69) is 234 Å². The standard InChI is InChI=1S/C61H49NO/c1-59(2,3)41-29-33-45-46-34-30-42(60(4,5)6)37-52(46)61(51(45)36-41)49-22-13-12-20-47(49)57-50(61)23-15-24-53(57)62(43-31-26-39(27-32-43)38-16-8-7-9-17-38)54-25-14-21-48-56-44-19-11-10-18-40(44)28-35-55(56)63-58(48)54/h7-37H,1-6H3. The first-order valence-corrected chi connectivity index (χ1v) is 22.3. The van der Waals surface area contributed by atoms with Crippen LogP contribution in [-0.2, 0) is 16.2 Å². The Bertz CT molecular complexity index is 3400. The molecule has 0 N–H and O–H groups in total. The highest BCUT2D eigenvalue weighted by molar-refractivity contribution is 6.21. The van der Waals surface area contributed by atoms with E-state index in [9.17, 15) is 0 Å². The van der Waals surface area contributed by atoms with Crippen molar-refractivity contribution in [3.63, 3.8) is 0 Å².